The molecule has 3 aromatic rings. The summed E-state index contributed by atoms with van der Waals surface area (Å²) in [6, 6.07) is 10.7. The average Bonchev–Trinajstić information content (AvgIpc) is 3.13. The number of ether oxygens (including phenoxy) is 1. The van der Waals surface area contributed by atoms with Crippen molar-refractivity contribution in [1.82, 2.24) is 20.2 Å². The van der Waals surface area contributed by atoms with Crippen molar-refractivity contribution in [3.8, 4) is 5.75 Å². The van der Waals surface area contributed by atoms with E-state index in [1.165, 1.54) is 0 Å². The highest BCUT2D eigenvalue weighted by atomic mass is 16.5. The lowest BCUT2D eigenvalue weighted by molar-refractivity contribution is -0.123. The van der Waals surface area contributed by atoms with Gasteiger partial charge in [-0.1, -0.05) is 25.1 Å². The topological polar surface area (TPSA) is 135 Å². The minimum absolute atomic E-state index is 0.205. The molecule has 0 spiro atoms. The highest BCUT2D eigenvalue weighted by Crippen LogP contribution is 2.35. The molecule has 0 saturated carbocycles. The molecule has 0 radical (unpaired) electrons. The fraction of sp³-hybridized carbons (Fsp3) is 0.385. The van der Waals surface area contributed by atoms with Gasteiger partial charge in [-0.3, -0.25) is 14.4 Å². The molecule has 2 aromatic heterocycles. The van der Waals surface area contributed by atoms with Gasteiger partial charge in [-0.2, -0.15) is 0 Å². The number of fused-ring (bicyclic) bond motifs is 1. The molecule has 0 unspecified atom stereocenters. The first-order valence-corrected chi connectivity index (χ1v) is 12.0. The maximum atomic E-state index is 13.2. The predicted molar refractivity (Wildman–Crippen MR) is 137 cm³/mol. The van der Waals surface area contributed by atoms with Crippen molar-refractivity contribution in [3.05, 3.63) is 53.3 Å². The lowest BCUT2D eigenvalue weighted by Gasteiger charge is -2.13. The summed E-state index contributed by atoms with van der Waals surface area (Å²) in [6.45, 7) is 5.77. The molecular formula is C26H33N5O5. The number of amides is 3. The number of aromatic nitrogens is 2. The Labute approximate surface area is 210 Å². The molecule has 10 heteroatoms. The number of hydrogen-bond donors (Lipinski definition) is 4. The van der Waals surface area contributed by atoms with Crippen molar-refractivity contribution >= 4 is 34.4 Å². The van der Waals surface area contributed by atoms with Crippen LogP contribution in [0.15, 0.2) is 36.4 Å². The summed E-state index contributed by atoms with van der Waals surface area (Å²) in [5.41, 5.74) is 2.67. The Morgan fingerprint density at radius 2 is 1.78 bits per heavy atom. The summed E-state index contributed by atoms with van der Waals surface area (Å²) >= 11 is 0. The normalized spacial score (nSPS) is 10.9. The summed E-state index contributed by atoms with van der Waals surface area (Å²) in [5, 5.41) is 17.7. The second kappa shape index (κ2) is 12.2. The van der Waals surface area contributed by atoms with E-state index in [1.807, 2.05) is 26.8 Å². The SMILES string of the molecule is CCc1nc2c(cc1NC(=O)c1ccccc1)c(OC(C)C)c(C(=O)NCCCNC(=O)CO)n2C. The van der Waals surface area contributed by atoms with Gasteiger partial charge >= 0.3 is 0 Å². The molecule has 0 aliphatic carbocycles. The molecule has 1 aromatic carbocycles. The maximum absolute atomic E-state index is 13.2. The monoisotopic (exact) mass is 495 g/mol. The second-order valence-electron chi connectivity index (χ2n) is 8.55. The molecule has 192 valence electrons. The molecule has 0 fully saturated rings. The van der Waals surface area contributed by atoms with Crippen LogP contribution in [-0.2, 0) is 18.3 Å². The molecular weight excluding hydrogens is 462 g/mol. The van der Waals surface area contributed by atoms with Crippen molar-refractivity contribution in [2.24, 2.45) is 7.05 Å². The molecule has 3 rings (SSSR count). The van der Waals surface area contributed by atoms with Crippen molar-refractivity contribution in [2.75, 3.05) is 25.0 Å². The third-order valence-electron chi connectivity index (χ3n) is 5.49. The number of anilines is 1. The second-order valence-corrected chi connectivity index (χ2v) is 8.55. The minimum Gasteiger partial charge on any atom is -0.488 e. The van der Waals surface area contributed by atoms with Crippen LogP contribution >= 0.6 is 0 Å². The molecule has 2 heterocycles. The van der Waals surface area contributed by atoms with Crippen LogP contribution in [-0.4, -0.2) is 58.2 Å². The molecule has 0 aliphatic heterocycles. The van der Waals surface area contributed by atoms with E-state index >= 15 is 0 Å². The Morgan fingerprint density at radius 3 is 2.42 bits per heavy atom. The Hall–Kier alpha value is -3.92. The third-order valence-corrected chi connectivity index (χ3v) is 5.49. The molecule has 0 aliphatic rings. The fourth-order valence-corrected chi connectivity index (χ4v) is 3.78. The van der Waals surface area contributed by atoms with Gasteiger partial charge < -0.3 is 30.4 Å². The molecule has 0 saturated heterocycles. The van der Waals surface area contributed by atoms with Crippen LogP contribution in [0.4, 0.5) is 5.69 Å². The summed E-state index contributed by atoms with van der Waals surface area (Å²) in [5.74, 6) is -0.665. The highest BCUT2D eigenvalue weighted by Gasteiger charge is 2.26. The third kappa shape index (κ3) is 6.19. The lowest BCUT2D eigenvalue weighted by Crippen LogP contribution is -2.32. The predicted octanol–water partition coefficient (Wildman–Crippen LogP) is 2.40. The molecule has 10 nitrogen and oxygen atoms in total. The number of carbonyl (C=O) groups is 3. The number of nitrogens with zero attached hydrogens (tertiary/aromatic N) is 2. The van der Waals surface area contributed by atoms with Gasteiger partial charge in [0.2, 0.25) is 5.91 Å². The van der Waals surface area contributed by atoms with E-state index in [0.717, 1.165) is 0 Å². The number of benzene rings is 1. The molecule has 0 bridgehead atoms. The average molecular weight is 496 g/mol. The first-order chi connectivity index (χ1) is 17.3. The minimum atomic E-state index is -0.571. The number of pyridine rings is 1. The van der Waals surface area contributed by atoms with Gasteiger partial charge in [-0.15, -0.1) is 0 Å². The summed E-state index contributed by atoms with van der Waals surface area (Å²) in [4.78, 5) is 41.9. The molecule has 4 N–H and O–H groups in total. The van der Waals surface area contributed by atoms with Gasteiger partial charge in [0.15, 0.2) is 11.4 Å². The quantitative estimate of drug-likeness (QED) is 0.302. The van der Waals surface area contributed by atoms with E-state index < -0.39 is 12.5 Å². The Morgan fingerprint density at radius 1 is 1.08 bits per heavy atom. The zero-order valence-electron chi connectivity index (χ0n) is 21.1. The van der Waals surface area contributed by atoms with Gasteiger partial charge in [-0.25, -0.2) is 4.98 Å². The fourth-order valence-electron chi connectivity index (χ4n) is 3.78. The van der Waals surface area contributed by atoms with Crippen LogP contribution in [0.3, 0.4) is 0 Å². The van der Waals surface area contributed by atoms with Crippen LogP contribution in [0.5, 0.6) is 5.75 Å². The van der Waals surface area contributed by atoms with E-state index in [2.05, 4.69) is 16.0 Å². The van der Waals surface area contributed by atoms with Crippen LogP contribution < -0.4 is 20.7 Å². The van der Waals surface area contributed by atoms with Gasteiger partial charge in [-0.05, 0) is 44.9 Å². The first-order valence-electron chi connectivity index (χ1n) is 12.0. The van der Waals surface area contributed by atoms with E-state index in [4.69, 9.17) is 14.8 Å². The summed E-state index contributed by atoms with van der Waals surface area (Å²) < 4.78 is 7.77. The Bertz CT molecular complexity index is 1240. The van der Waals surface area contributed by atoms with Crippen molar-refractivity contribution in [1.29, 1.82) is 0 Å². The van der Waals surface area contributed by atoms with Crippen LogP contribution in [0, 0.1) is 0 Å². The maximum Gasteiger partial charge on any atom is 0.271 e. The highest BCUT2D eigenvalue weighted by molar-refractivity contribution is 6.07. The molecule has 0 atom stereocenters. The van der Waals surface area contributed by atoms with E-state index in [-0.39, 0.29) is 17.9 Å². The first kappa shape index (κ1) is 26.7. The number of rotatable bonds is 11. The number of hydrogen-bond acceptors (Lipinski definition) is 6. The smallest absolute Gasteiger partial charge is 0.271 e. The Balaban J connectivity index is 1.93. The number of nitrogens with one attached hydrogen (secondary N) is 3. The van der Waals surface area contributed by atoms with Gasteiger partial charge in [0, 0.05) is 25.7 Å². The zero-order chi connectivity index (χ0) is 26.2. The van der Waals surface area contributed by atoms with E-state index in [0.29, 0.717) is 65.4 Å². The number of aryl methyl sites for hydroxylation is 2. The summed E-state index contributed by atoms with van der Waals surface area (Å²) in [7, 11) is 1.75. The number of aliphatic hydroxyl groups excluding tert-OH is 1. The van der Waals surface area contributed by atoms with Crippen molar-refractivity contribution < 1.29 is 24.2 Å². The van der Waals surface area contributed by atoms with Gasteiger partial charge in [0.1, 0.15) is 12.3 Å². The molecule has 36 heavy (non-hydrogen) atoms. The zero-order valence-corrected chi connectivity index (χ0v) is 21.1. The van der Waals surface area contributed by atoms with Crippen molar-refractivity contribution in [2.45, 2.75) is 39.7 Å². The van der Waals surface area contributed by atoms with Crippen LogP contribution in [0.1, 0.15) is 53.7 Å². The summed E-state index contributed by atoms with van der Waals surface area (Å²) in [6.07, 6.45) is 0.868. The van der Waals surface area contributed by atoms with Crippen LogP contribution in [0.2, 0.25) is 0 Å². The largest absolute Gasteiger partial charge is 0.488 e. The number of carbonyl (C=O) groups excluding carboxylic acids is 3. The lowest BCUT2D eigenvalue weighted by atomic mass is 10.1. The molecule has 3 amide bonds. The van der Waals surface area contributed by atoms with Gasteiger partial charge in [0.05, 0.1) is 22.9 Å². The van der Waals surface area contributed by atoms with E-state index in [1.54, 1.807) is 41.9 Å². The standard InChI is InChI=1S/C26H33N5O5/c1-5-19-20(30-25(34)17-10-7-6-8-11-17)14-18-23(36-16(2)3)22(31(4)24(18)29-19)26(35)28-13-9-12-27-21(33)15-32/h6-8,10-11,14,16,32H,5,9,12-13,15H2,1-4H3,(H,27,33)(H,28,35)(H,30,34). The van der Waals surface area contributed by atoms with Gasteiger partial charge in [0.25, 0.3) is 11.8 Å². The number of aliphatic hydroxyl groups is 1. The van der Waals surface area contributed by atoms with E-state index in [9.17, 15) is 14.4 Å². The Kier molecular flexibility index (Phi) is 9.02. The van der Waals surface area contributed by atoms with Crippen molar-refractivity contribution in [3.63, 3.8) is 0 Å². The van der Waals surface area contributed by atoms with Crippen LogP contribution in [0.25, 0.3) is 11.0 Å².